The molecule has 5 N–H and O–H groups in total. The first-order valence-corrected chi connectivity index (χ1v) is 54.4. The van der Waals surface area contributed by atoms with E-state index in [-0.39, 0.29) is 31.1 Å². The average molecular weight is 2140 g/mol. The summed E-state index contributed by atoms with van der Waals surface area (Å²) >= 11 is 6.38. The van der Waals surface area contributed by atoms with Crippen molar-refractivity contribution >= 4 is 149 Å². The highest BCUT2D eigenvalue weighted by atomic mass is 79.9. The Labute approximate surface area is 796 Å². The predicted octanol–water partition coefficient (Wildman–Crippen LogP) is 24.7. The Morgan fingerprint density at radius 3 is 1.22 bits per heavy atom. The van der Waals surface area contributed by atoms with E-state index in [4.69, 9.17) is 21.4 Å². The number of sulfonamides is 1. The molecule has 10 heterocycles. The molecule has 0 saturated carbocycles. The van der Waals surface area contributed by atoms with Gasteiger partial charge in [-0.3, -0.25) is 19.5 Å². The maximum atomic E-state index is 12.9. The van der Waals surface area contributed by atoms with Gasteiger partial charge >= 0.3 is 24.7 Å². The fourth-order valence-electron chi connectivity index (χ4n) is 16.5. The van der Waals surface area contributed by atoms with Crippen molar-refractivity contribution in [3.8, 4) is 0 Å². The number of benzene rings is 4. The Kier molecular flexibility index (Phi) is 35.4. The molecule has 0 aliphatic carbocycles. The molecule has 0 saturated heterocycles. The number of pyridine rings is 7. The number of nitrogens with two attached hydrogens (primary N) is 1. The van der Waals surface area contributed by atoms with Gasteiger partial charge in [-0.25, -0.2) is 58.6 Å². The maximum Gasteiger partial charge on any atom is 0.416 e. The van der Waals surface area contributed by atoms with Crippen LogP contribution in [-0.4, -0.2) is 110 Å². The Morgan fingerprint density at radius 2 is 0.844 bits per heavy atom. The highest BCUT2D eigenvalue weighted by Gasteiger charge is 2.48. The number of aromatic amines is 1. The van der Waals surface area contributed by atoms with E-state index in [1.54, 1.807) is 55.1 Å². The minimum Gasteiger partial charge on any atom is -0.384 e. The van der Waals surface area contributed by atoms with Gasteiger partial charge in [0, 0.05) is 121 Å². The van der Waals surface area contributed by atoms with Crippen LogP contribution in [0.4, 0.5) is 64.3 Å². The second-order valence-electron chi connectivity index (χ2n) is 32.9. The van der Waals surface area contributed by atoms with E-state index in [9.17, 15) is 96.3 Å². The first kappa shape index (κ1) is 108. The number of aldehydes is 1. The number of nitrogens with one attached hydrogen (secondary N) is 2. The van der Waals surface area contributed by atoms with Gasteiger partial charge in [-0.1, -0.05) is 95.2 Å². The summed E-state index contributed by atoms with van der Waals surface area (Å²) in [5.41, 5.74) is 11.7. The standard InChI is InChI=1S/C30H36F3N3O3SSi.C21H16F3N3O2S.C17H26N2OSi.C12H8BrF3N2O2S.C7H4ClF3O2S.C5H5BrN2/c1-19(2)41(20(3)4,21(5)6)36-17-27(26-8-7-15-34-29(26)36)28(37)22-9-12-24(35-16-22)18-40(38,39)25-13-10-23(11-14-25)30(31,32)33;22-21(23,24)16-4-7-18(8-5-16)30(28,29)13-17-6-3-14(11-26-17)10-15-12-27-20-19(15)2-1-9-25-20;1-12(2)21(13(3)4,14(5)6)19-10-15(11-20)16-8-7-9-18-17(16)19;13-9-3-6-11(17-7-9)18-21(19,20)10-4-1-8(2-5-10)12(14,15)16;8-14(12,13)6-3-1-5(2-4-6)7(9,10)11;6-4-1-2-5(7)8-3-4/h7-17,19-21,28,37H,18H2,1-6H3;1-9,11-12H,10,13H2,(H,25,27);7-14H,1-6H3;1-7H,(H,17,18);1-4H;1-3H,(H2,7,8). The number of carbonyl (C=O) groups excluding carboxylic acids is 1. The van der Waals surface area contributed by atoms with E-state index in [0.717, 1.165) is 133 Å². The zero-order valence-electron chi connectivity index (χ0n) is 74.4. The number of rotatable bonds is 23. The Hall–Kier alpha value is -10.6. The number of hydrogen-bond acceptors (Lipinski definition) is 18. The molecule has 0 fully saturated rings. The number of H-pyrrole nitrogens is 1. The van der Waals surface area contributed by atoms with Crippen molar-refractivity contribution in [2.75, 3.05) is 10.5 Å². The van der Waals surface area contributed by atoms with Crippen LogP contribution >= 0.6 is 42.5 Å². The van der Waals surface area contributed by atoms with Crippen LogP contribution in [0.2, 0.25) is 33.2 Å². The number of alkyl halides is 12. The number of aliphatic hydroxyl groups is 1. The average Bonchev–Trinajstić information content (AvgIpc) is 1.56. The lowest BCUT2D eigenvalue weighted by atomic mass is 10.0. The molecule has 720 valence electrons. The number of carbonyl (C=O) groups is 1. The van der Waals surface area contributed by atoms with E-state index < -0.39 is 120 Å². The van der Waals surface area contributed by atoms with Crippen LogP contribution in [0.15, 0.2) is 272 Å². The summed E-state index contributed by atoms with van der Waals surface area (Å²) in [6, 6.07) is 37.7. The lowest BCUT2D eigenvalue weighted by molar-refractivity contribution is -0.138. The van der Waals surface area contributed by atoms with Crippen molar-refractivity contribution in [2.24, 2.45) is 0 Å². The van der Waals surface area contributed by atoms with Gasteiger partial charge in [0.05, 0.1) is 64.7 Å². The molecule has 0 aliphatic heterocycles. The number of aromatic nitrogens is 10. The third-order valence-corrected chi connectivity index (χ3v) is 42.9. The molecule has 14 aromatic rings. The Balaban J connectivity index is 0.000000193. The van der Waals surface area contributed by atoms with Gasteiger partial charge in [0.1, 0.15) is 34.7 Å². The molecule has 1 unspecified atom stereocenters. The molecule has 0 aliphatic rings. The van der Waals surface area contributed by atoms with Crippen LogP contribution in [-0.2, 0) is 81.4 Å². The molecule has 135 heavy (non-hydrogen) atoms. The molecule has 14 rings (SSSR count). The summed E-state index contributed by atoms with van der Waals surface area (Å²) in [7, 11) is -14.8. The third kappa shape index (κ3) is 26.8. The first-order valence-electron chi connectivity index (χ1n) is 41.3. The van der Waals surface area contributed by atoms with Gasteiger partial charge in [0.2, 0.25) is 0 Å². The second kappa shape index (κ2) is 44.3. The molecular weight excluding hydrogens is 2040 g/mol. The van der Waals surface area contributed by atoms with Gasteiger partial charge in [0.15, 0.2) is 42.4 Å². The summed E-state index contributed by atoms with van der Waals surface area (Å²) in [6.45, 7) is 27.5. The second-order valence-corrected chi connectivity index (χ2v) is 54.4. The van der Waals surface area contributed by atoms with Crippen LogP contribution in [0.3, 0.4) is 0 Å². The van der Waals surface area contributed by atoms with E-state index >= 15 is 0 Å². The molecule has 0 bridgehead atoms. The van der Waals surface area contributed by atoms with Crippen molar-refractivity contribution < 1.29 is 96.3 Å². The number of hydrogen-bond donors (Lipinski definition) is 4. The lowest BCUT2D eigenvalue weighted by Crippen LogP contribution is -2.51. The molecule has 4 aromatic carbocycles. The predicted molar refractivity (Wildman–Crippen MR) is 509 cm³/mol. The monoisotopic (exact) mass is 2130 g/mol. The number of anilines is 2. The van der Waals surface area contributed by atoms with Crippen molar-refractivity contribution in [3.63, 3.8) is 0 Å². The van der Waals surface area contributed by atoms with E-state index in [1.165, 1.54) is 24.5 Å². The topological polar surface area (TPSA) is 328 Å². The molecule has 0 spiro atoms. The molecule has 10 aromatic heterocycles. The normalized spacial score (nSPS) is 12.8. The number of nitrogen functional groups attached to an aromatic ring is 1. The number of sulfone groups is 2. The van der Waals surface area contributed by atoms with Crippen LogP contribution in [0.25, 0.3) is 33.1 Å². The van der Waals surface area contributed by atoms with Gasteiger partial charge in [-0.2, -0.15) is 52.7 Å². The third-order valence-electron chi connectivity index (χ3n) is 22.4. The summed E-state index contributed by atoms with van der Waals surface area (Å²) in [5, 5.41) is 14.3. The smallest absolute Gasteiger partial charge is 0.384 e. The van der Waals surface area contributed by atoms with Crippen LogP contribution in [0.5, 0.6) is 0 Å². The van der Waals surface area contributed by atoms with Crippen LogP contribution in [0, 0.1) is 0 Å². The fourth-order valence-corrected chi connectivity index (χ4v) is 34.5. The van der Waals surface area contributed by atoms with Crippen LogP contribution in [0.1, 0.15) is 155 Å². The molecule has 22 nitrogen and oxygen atoms in total. The number of halogens is 15. The fraction of sp³-hybridized carbons (Fsp3) is 0.283. The zero-order valence-corrected chi connectivity index (χ0v) is 83.6. The lowest BCUT2D eigenvalue weighted by Gasteiger charge is -2.44. The summed E-state index contributed by atoms with van der Waals surface area (Å²) in [5.74, 6) is -0.259. The largest absolute Gasteiger partial charge is 0.416 e. The number of nitrogens with zero attached hydrogens (tertiary/aromatic N) is 9. The Morgan fingerprint density at radius 1 is 0.452 bits per heavy atom. The van der Waals surface area contributed by atoms with Crippen molar-refractivity contribution in [1.82, 2.24) is 48.3 Å². The number of fused-ring (bicyclic) bond motifs is 3. The van der Waals surface area contributed by atoms with Crippen molar-refractivity contribution in [3.05, 3.63) is 314 Å². The molecule has 1 atom stereocenters. The van der Waals surface area contributed by atoms with Crippen molar-refractivity contribution in [2.45, 2.75) is 185 Å². The first-order chi connectivity index (χ1) is 62.9. The van der Waals surface area contributed by atoms with Gasteiger partial charge in [-0.05, 0) is 246 Å². The van der Waals surface area contributed by atoms with Gasteiger partial charge in [0.25, 0.3) is 19.1 Å². The van der Waals surface area contributed by atoms with Gasteiger partial charge < -0.3 is 24.3 Å². The molecular formula is C92H95Br2ClF12N12O10S4Si2. The highest BCUT2D eigenvalue weighted by molar-refractivity contribution is 9.10. The molecule has 0 amide bonds. The van der Waals surface area contributed by atoms with E-state index in [1.807, 2.05) is 61.1 Å². The van der Waals surface area contributed by atoms with E-state index in [0.29, 0.717) is 91.0 Å². The highest BCUT2D eigenvalue weighted by Crippen LogP contribution is 2.48. The SMILES string of the molecule is CC(C)[Si](C(C)C)(C(C)C)n1cc(C(O)c2ccc(CS(=O)(=O)c3ccc(C(F)(F)F)cc3)nc2)c2cccnc21.CC(C)[Si](C(C)C)(C(C)C)n1cc(C=O)c2cccnc21.Nc1ccc(Br)cn1.O=S(=O)(Cc1ccc(Cc2c[nH]c3ncccc23)cn1)c1ccc(C(F)(F)F)cc1.O=S(=O)(Cl)c1ccc(C(F)(F)F)cc1.O=S(=O)(Nc1ccc(Br)cn1)c1ccc(C(F)(F)F)cc1. The van der Waals surface area contributed by atoms with E-state index in [2.05, 4.69) is 169 Å². The molecule has 0 radical (unpaired) electrons. The van der Waals surface area contributed by atoms with Crippen LogP contribution < -0.4 is 10.5 Å². The number of aliphatic hydroxyl groups excluding tert-OH is 1. The van der Waals surface area contributed by atoms with Gasteiger partial charge in [-0.15, -0.1) is 0 Å². The summed E-state index contributed by atoms with van der Waals surface area (Å²) in [4.78, 5) is 43.2. The summed E-state index contributed by atoms with van der Waals surface area (Å²) in [6.07, 6.45) is -0.142. The minimum absolute atomic E-state index is 0.0677. The maximum absolute atomic E-state index is 12.9. The Bertz CT molecular complexity index is 6790. The molecule has 43 heteroatoms. The van der Waals surface area contributed by atoms with Crippen molar-refractivity contribution in [1.29, 1.82) is 0 Å². The summed E-state index contributed by atoms with van der Waals surface area (Å²) < 4.78 is 255. The minimum atomic E-state index is -4.55. The zero-order chi connectivity index (χ0) is 100. The quantitative estimate of drug-likeness (QED) is 0.0200.